The molecule has 0 atom stereocenters. The van der Waals surface area contributed by atoms with Crippen molar-refractivity contribution < 1.29 is 23.1 Å². The third-order valence-corrected chi connectivity index (χ3v) is 4.44. The third-order valence-electron chi connectivity index (χ3n) is 4.44. The molecule has 0 N–H and O–H groups in total. The lowest BCUT2D eigenvalue weighted by Gasteiger charge is -2.11. The quantitative estimate of drug-likeness (QED) is 0.294. The molecule has 0 bridgehead atoms. The van der Waals surface area contributed by atoms with E-state index in [4.69, 9.17) is 18.3 Å². The first-order valence-corrected chi connectivity index (χ1v) is 8.54. The lowest BCUT2D eigenvalue weighted by Crippen LogP contribution is -2.08. The van der Waals surface area contributed by atoms with E-state index in [1.807, 2.05) is 24.3 Å². The van der Waals surface area contributed by atoms with Crippen molar-refractivity contribution in [2.45, 2.75) is 6.92 Å². The van der Waals surface area contributed by atoms with Crippen molar-refractivity contribution in [3.63, 3.8) is 0 Å². The van der Waals surface area contributed by atoms with Crippen molar-refractivity contribution in [1.29, 1.82) is 0 Å². The Morgan fingerprint density at radius 2 is 1.82 bits per heavy atom. The molecule has 6 nitrogen and oxygen atoms in total. The van der Waals surface area contributed by atoms with E-state index in [0.717, 1.165) is 22.3 Å². The van der Waals surface area contributed by atoms with Crippen LogP contribution in [-0.4, -0.2) is 13.1 Å². The predicted octanol–water partition coefficient (Wildman–Crippen LogP) is 4.59. The Hall–Kier alpha value is -3.80. The van der Waals surface area contributed by atoms with E-state index in [0.29, 0.717) is 16.9 Å². The van der Waals surface area contributed by atoms with Gasteiger partial charge in [-0.2, -0.15) is 0 Å². The topological polar surface area (TPSA) is 78.9 Å². The molecular weight excluding hydrogens is 360 g/mol. The third kappa shape index (κ3) is 3.16. The van der Waals surface area contributed by atoms with Crippen LogP contribution in [0.15, 0.2) is 74.5 Å². The highest BCUT2D eigenvalue weighted by molar-refractivity contribution is 5.96. The normalized spacial score (nSPS) is 10.8. The van der Waals surface area contributed by atoms with Crippen molar-refractivity contribution in [2.75, 3.05) is 7.11 Å². The number of aryl methyl sites for hydroxylation is 1. The van der Waals surface area contributed by atoms with Crippen LogP contribution in [0.5, 0.6) is 11.5 Å². The van der Waals surface area contributed by atoms with E-state index in [1.54, 1.807) is 32.2 Å². The van der Waals surface area contributed by atoms with Gasteiger partial charge in [-0.05, 0) is 54.4 Å². The Kier molecular flexibility index (Phi) is 4.45. The highest BCUT2D eigenvalue weighted by Gasteiger charge is 2.17. The van der Waals surface area contributed by atoms with Crippen LogP contribution < -0.4 is 15.1 Å². The SMILES string of the molecule is COc1ccc(-c2cc(=O)oc3c(C)c(OC(=O)c4ccco4)ccc23)cc1. The number of furan rings is 1. The van der Waals surface area contributed by atoms with Crippen LogP contribution in [-0.2, 0) is 0 Å². The summed E-state index contributed by atoms with van der Waals surface area (Å²) in [6.07, 6.45) is 1.39. The van der Waals surface area contributed by atoms with Crippen LogP contribution >= 0.6 is 0 Å². The Labute approximate surface area is 159 Å². The minimum Gasteiger partial charge on any atom is -0.497 e. The van der Waals surface area contributed by atoms with E-state index in [-0.39, 0.29) is 5.76 Å². The Morgan fingerprint density at radius 1 is 1.04 bits per heavy atom. The Morgan fingerprint density at radius 3 is 2.50 bits per heavy atom. The molecule has 0 unspecified atom stereocenters. The van der Waals surface area contributed by atoms with E-state index in [1.165, 1.54) is 18.4 Å². The number of hydrogen-bond acceptors (Lipinski definition) is 6. The molecule has 2 heterocycles. The molecule has 0 aliphatic rings. The van der Waals surface area contributed by atoms with Gasteiger partial charge in [-0.25, -0.2) is 9.59 Å². The number of benzene rings is 2. The molecular formula is C22H16O6. The van der Waals surface area contributed by atoms with Gasteiger partial charge in [0.1, 0.15) is 17.1 Å². The average molecular weight is 376 g/mol. The maximum absolute atomic E-state index is 12.2. The standard InChI is InChI=1S/C22H16O6/c1-13-18(27-22(24)19-4-3-11-26-19)10-9-16-17(12-20(23)28-21(13)16)14-5-7-15(25-2)8-6-14/h3-12H,1-2H3. The summed E-state index contributed by atoms with van der Waals surface area (Å²) in [7, 11) is 1.59. The molecule has 0 fully saturated rings. The van der Waals surface area contributed by atoms with Gasteiger partial charge < -0.3 is 18.3 Å². The molecule has 28 heavy (non-hydrogen) atoms. The molecule has 0 radical (unpaired) electrons. The van der Waals surface area contributed by atoms with Gasteiger partial charge in [-0.1, -0.05) is 12.1 Å². The number of carbonyl (C=O) groups is 1. The highest BCUT2D eigenvalue weighted by Crippen LogP contribution is 2.34. The molecule has 6 heteroatoms. The zero-order chi connectivity index (χ0) is 19.7. The zero-order valence-corrected chi connectivity index (χ0v) is 15.2. The van der Waals surface area contributed by atoms with Crippen LogP contribution in [0.25, 0.3) is 22.1 Å². The molecule has 2 aromatic heterocycles. The lowest BCUT2D eigenvalue weighted by molar-refractivity contribution is 0.0700. The van der Waals surface area contributed by atoms with Crippen molar-refractivity contribution in [3.8, 4) is 22.6 Å². The number of hydrogen-bond donors (Lipinski definition) is 0. The monoisotopic (exact) mass is 376 g/mol. The van der Waals surface area contributed by atoms with Crippen LogP contribution in [0.4, 0.5) is 0 Å². The molecule has 0 aliphatic carbocycles. The van der Waals surface area contributed by atoms with E-state index < -0.39 is 11.6 Å². The van der Waals surface area contributed by atoms with Crippen LogP contribution in [0.1, 0.15) is 16.1 Å². The number of methoxy groups -OCH3 is 1. The van der Waals surface area contributed by atoms with Gasteiger partial charge in [0.25, 0.3) is 0 Å². The second-order valence-corrected chi connectivity index (χ2v) is 6.14. The molecule has 4 rings (SSSR count). The second kappa shape index (κ2) is 7.08. The largest absolute Gasteiger partial charge is 0.497 e. The first-order chi connectivity index (χ1) is 13.6. The number of rotatable bonds is 4. The minimum atomic E-state index is -0.624. The van der Waals surface area contributed by atoms with Crippen molar-refractivity contribution >= 4 is 16.9 Å². The number of ether oxygens (including phenoxy) is 2. The van der Waals surface area contributed by atoms with Gasteiger partial charge in [0.2, 0.25) is 5.76 Å². The zero-order valence-electron chi connectivity index (χ0n) is 15.2. The molecule has 2 aromatic carbocycles. The van der Waals surface area contributed by atoms with Crippen LogP contribution in [0.3, 0.4) is 0 Å². The smallest absolute Gasteiger partial charge is 0.379 e. The summed E-state index contributed by atoms with van der Waals surface area (Å²) in [6, 6.07) is 15.4. The minimum absolute atomic E-state index is 0.0907. The maximum Gasteiger partial charge on any atom is 0.379 e. The van der Waals surface area contributed by atoms with E-state index in [9.17, 15) is 9.59 Å². The van der Waals surface area contributed by atoms with Gasteiger partial charge >= 0.3 is 11.6 Å². The Balaban J connectivity index is 1.80. The fourth-order valence-electron chi connectivity index (χ4n) is 3.01. The van der Waals surface area contributed by atoms with Gasteiger partial charge in [-0.15, -0.1) is 0 Å². The number of esters is 1. The summed E-state index contributed by atoms with van der Waals surface area (Å²) < 4.78 is 21.1. The molecule has 140 valence electrons. The molecule has 4 aromatic rings. The van der Waals surface area contributed by atoms with Gasteiger partial charge in [0.05, 0.1) is 13.4 Å². The van der Waals surface area contributed by atoms with Crippen LogP contribution in [0.2, 0.25) is 0 Å². The molecule has 0 aliphatic heterocycles. The summed E-state index contributed by atoms with van der Waals surface area (Å²) in [5.74, 6) is 0.484. The second-order valence-electron chi connectivity index (χ2n) is 6.14. The van der Waals surface area contributed by atoms with E-state index >= 15 is 0 Å². The first-order valence-electron chi connectivity index (χ1n) is 8.54. The van der Waals surface area contributed by atoms with Gasteiger partial charge in [0, 0.05) is 17.0 Å². The summed E-state index contributed by atoms with van der Waals surface area (Å²) >= 11 is 0. The van der Waals surface area contributed by atoms with E-state index in [2.05, 4.69) is 0 Å². The van der Waals surface area contributed by atoms with Crippen molar-refractivity contribution in [2.24, 2.45) is 0 Å². The molecule has 0 saturated heterocycles. The molecule has 0 saturated carbocycles. The van der Waals surface area contributed by atoms with Crippen molar-refractivity contribution in [1.82, 2.24) is 0 Å². The average Bonchev–Trinajstić information content (AvgIpc) is 3.25. The predicted molar refractivity (Wildman–Crippen MR) is 103 cm³/mol. The summed E-state index contributed by atoms with van der Waals surface area (Å²) in [6.45, 7) is 1.73. The fourth-order valence-corrected chi connectivity index (χ4v) is 3.01. The fraction of sp³-hybridized carbons (Fsp3) is 0.0909. The van der Waals surface area contributed by atoms with Gasteiger partial charge in [-0.3, -0.25) is 0 Å². The number of carbonyl (C=O) groups excluding carboxylic acids is 1. The van der Waals surface area contributed by atoms with Crippen LogP contribution in [0, 0.1) is 6.92 Å². The summed E-state index contributed by atoms with van der Waals surface area (Å²) in [5, 5.41) is 0.736. The Bertz CT molecular complexity index is 1200. The summed E-state index contributed by atoms with van der Waals surface area (Å²) in [5.41, 5.74) is 1.99. The molecule has 0 amide bonds. The maximum atomic E-state index is 12.2. The van der Waals surface area contributed by atoms with Gasteiger partial charge in [0.15, 0.2) is 0 Å². The summed E-state index contributed by atoms with van der Waals surface area (Å²) in [4.78, 5) is 24.3. The number of fused-ring (bicyclic) bond motifs is 1. The van der Waals surface area contributed by atoms with Crippen molar-refractivity contribution in [3.05, 3.63) is 82.6 Å². The lowest BCUT2D eigenvalue weighted by atomic mass is 10.00. The molecule has 0 spiro atoms. The first kappa shape index (κ1) is 17.6. The highest BCUT2D eigenvalue weighted by atomic mass is 16.5.